The van der Waals surface area contributed by atoms with Crippen LogP contribution < -0.4 is 5.14 Å². The maximum Gasteiger partial charge on any atom is 0.209 e. The molecule has 0 radical (unpaired) electrons. The molecule has 6 nitrogen and oxygen atoms in total. The van der Waals surface area contributed by atoms with Crippen molar-refractivity contribution in [3.8, 4) is 0 Å². The number of hydrogen-bond donors (Lipinski definition) is 1. The first-order valence-corrected chi connectivity index (χ1v) is 7.90. The van der Waals surface area contributed by atoms with Gasteiger partial charge in [0.1, 0.15) is 0 Å². The molecule has 1 saturated heterocycles. The fourth-order valence-corrected chi connectivity index (χ4v) is 3.08. The summed E-state index contributed by atoms with van der Waals surface area (Å²) in [5, 5.41) is 9.20. The van der Waals surface area contributed by atoms with Crippen molar-refractivity contribution < 1.29 is 8.42 Å². The average molecular weight is 272 g/mol. The second-order valence-corrected chi connectivity index (χ2v) is 6.60. The normalized spacial score (nSPS) is 21.6. The predicted octanol–water partition coefficient (Wildman–Crippen LogP) is 0.236. The fraction of sp³-hybridized carbons (Fsp3) is 0.727. The van der Waals surface area contributed by atoms with Gasteiger partial charge in [-0.25, -0.2) is 13.6 Å². The first-order chi connectivity index (χ1) is 8.46. The van der Waals surface area contributed by atoms with Gasteiger partial charge >= 0.3 is 0 Å². The Bertz CT molecular complexity index is 497. The number of aromatic nitrogens is 2. The Balaban J connectivity index is 1.92. The highest BCUT2D eigenvalue weighted by Gasteiger charge is 2.26. The molecule has 18 heavy (non-hydrogen) atoms. The molecule has 2 rings (SSSR count). The highest BCUT2D eigenvalue weighted by atomic mass is 32.2. The lowest BCUT2D eigenvalue weighted by Gasteiger charge is -2.23. The highest BCUT2D eigenvalue weighted by Crippen LogP contribution is 2.31. The van der Waals surface area contributed by atoms with Crippen molar-refractivity contribution in [2.75, 3.05) is 18.8 Å². The lowest BCUT2D eigenvalue weighted by molar-refractivity contribution is 0.258. The number of nitrogens with two attached hydrogens (primary N) is 1. The van der Waals surface area contributed by atoms with E-state index in [1.807, 2.05) is 19.4 Å². The van der Waals surface area contributed by atoms with Gasteiger partial charge in [-0.1, -0.05) is 0 Å². The Labute approximate surface area is 108 Å². The van der Waals surface area contributed by atoms with E-state index in [1.165, 1.54) is 5.56 Å². The van der Waals surface area contributed by atoms with E-state index in [1.54, 1.807) is 4.68 Å². The zero-order valence-corrected chi connectivity index (χ0v) is 11.4. The SMILES string of the molecule is Cn1cc([C@@H]2CCCN2CCCS(N)(=O)=O)cn1. The molecule has 0 aliphatic carbocycles. The van der Waals surface area contributed by atoms with Gasteiger partial charge in [0, 0.05) is 24.8 Å². The highest BCUT2D eigenvalue weighted by molar-refractivity contribution is 7.89. The van der Waals surface area contributed by atoms with Gasteiger partial charge in [0.25, 0.3) is 0 Å². The molecule has 0 bridgehead atoms. The van der Waals surface area contributed by atoms with Crippen LogP contribution in [0.25, 0.3) is 0 Å². The second-order valence-electron chi connectivity index (χ2n) is 4.86. The van der Waals surface area contributed by atoms with Gasteiger partial charge in [0.15, 0.2) is 0 Å². The van der Waals surface area contributed by atoms with Gasteiger partial charge in [-0.05, 0) is 32.4 Å². The molecule has 0 amide bonds. The number of sulfonamides is 1. The van der Waals surface area contributed by atoms with Crippen molar-refractivity contribution >= 4 is 10.0 Å². The van der Waals surface area contributed by atoms with Crippen molar-refractivity contribution in [1.82, 2.24) is 14.7 Å². The van der Waals surface area contributed by atoms with E-state index in [0.29, 0.717) is 12.5 Å². The first kappa shape index (κ1) is 13.5. The Morgan fingerprint density at radius 2 is 2.33 bits per heavy atom. The molecular weight excluding hydrogens is 252 g/mol. The fourth-order valence-electron chi connectivity index (χ4n) is 2.55. The third kappa shape index (κ3) is 3.54. The summed E-state index contributed by atoms with van der Waals surface area (Å²) in [6, 6.07) is 0.374. The molecule has 1 fully saturated rings. The topological polar surface area (TPSA) is 81.2 Å². The smallest absolute Gasteiger partial charge is 0.209 e. The van der Waals surface area contributed by atoms with Crippen molar-refractivity contribution in [3.05, 3.63) is 18.0 Å². The maximum absolute atomic E-state index is 10.9. The molecule has 1 atom stereocenters. The number of likely N-dealkylation sites (tertiary alicyclic amines) is 1. The Kier molecular flexibility index (Phi) is 4.04. The Morgan fingerprint density at radius 3 is 2.94 bits per heavy atom. The minimum atomic E-state index is -3.34. The van der Waals surface area contributed by atoms with E-state index in [4.69, 9.17) is 5.14 Å². The summed E-state index contributed by atoms with van der Waals surface area (Å²) in [7, 11) is -1.43. The molecule has 0 aromatic carbocycles. The van der Waals surface area contributed by atoms with Gasteiger partial charge in [-0.15, -0.1) is 0 Å². The van der Waals surface area contributed by atoms with E-state index in [0.717, 1.165) is 25.9 Å². The number of primary sulfonamides is 1. The number of hydrogen-bond acceptors (Lipinski definition) is 4. The molecule has 1 aliphatic heterocycles. The zero-order valence-electron chi connectivity index (χ0n) is 10.6. The number of aryl methyl sites for hydroxylation is 1. The lowest BCUT2D eigenvalue weighted by Crippen LogP contribution is -2.27. The van der Waals surface area contributed by atoms with Crippen LogP contribution in [0, 0.1) is 0 Å². The van der Waals surface area contributed by atoms with Crippen molar-refractivity contribution in [1.29, 1.82) is 0 Å². The van der Waals surface area contributed by atoms with Gasteiger partial charge < -0.3 is 0 Å². The predicted molar refractivity (Wildman–Crippen MR) is 69.3 cm³/mol. The molecule has 0 saturated carbocycles. The molecule has 0 unspecified atom stereocenters. The van der Waals surface area contributed by atoms with Gasteiger partial charge in [0.2, 0.25) is 10.0 Å². The van der Waals surface area contributed by atoms with E-state index in [9.17, 15) is 8.42 Å². The van der Waals surface area contributed by atoms with Crippen LogP contribution in [-0.4, -0.2) is 41.9 Å². The minimum Gasteiger partial charge on any atom is -0.296 e. The van der Waals surface area contributed by atoms with E-state index < -0.39 is 10.0 Å². The van der Waals surface area contributed by atoms with Crippen LogP contribution in [0.3, 0.4) is 0 Å². The van der Waals surface area contributed by atoms with Crippen LogP contribution in [-0.2, 0) is 17.1 Å². The van der Waals surface area contributed by atoms with E-state index >= 15 is 0 Å². The van der Waals surface area contributed by atoms with Gasteiger partial charge in [-0.3, -0.25) is 9.58 Å². The van der Waals surface area contributed by atoms with Crippen LogP contribution >= 0.6 is 0 Å². The Morgan fingerprint density at radius 1 is 1.56 bits per heavy atom. The summed E-state index contributed by atoms with van der Waals surface area (Å²) >= 11 is 0. The van der Waals surface area contributed by atoms with Crippen LogP contribution in [0.5, 0.6) is 0 Å². The molecule has 1 aromatic rings. The van der Waals surface area contributed by atoms with E-state index in [-0.39, 0.29) is 5.75 Å². The monoisotopic (exact) mass is 272 g/mol. The lowest BCUT2D eigenvalue weighted by atomic mass is 10.1. The van der Waals surface area contributed by atoms with Crippen LogP contribution in [0.2, 0.25) is 0 Å². The molecule has 2 heterocycles. The van der Waals surface area contributed by atoms with Crippen molar-refractivity contribution in [2.24, 2.45) is 12.2 Å². The van der Waals surface area contributed by atoms with Crippen molar-refractivity contribution in [3.63, 3.8) is 0 Å². The quantitative estimate of drug-likeness (QED) is 0.832. The standard InChI is InChI=1S/C11H20N4O2S/c1-14-9-10(8-13-14)11-4-2-5-15(11)6-3-7-18(12,16)17/h8-9,11H,2-7H2,1H3,(H2,12,16,17)/t11-/m0/s1. The number of nitrogens with zero attached hydrogens (tertiary/aromatic N) is 3. The zero-order chi connectivity index (χ0) is 13.2. The number of rotatable bonds is 5. The van der Waals surface area contributed by atoms with Crippen LogP contribution in [0.4, 0.5) is 0 Å². The summed E-state index contributed by atoms with van der Waals surface area (Å²) in [6.07, 6.45) is 6.77. The summed E-state index contributed by atoms with van der Waals surface area (Å²) < 4.78 is 23.6. The third-order valence-corrected chi connectivity index (χ3v) is 4.21. The van der Waals surface area contributed by atoms with Crippen molar-refractivity contribution in [2.45, 2.75) is 25.3 Å². The Hall–Kier alpha value is -0.920. The molecule has 0 spiro atoms. The molecule has 1 aromatic heterocycles. The molecule has 7 heteroatoms. The average Bonchev–Trinajstić information content (AvgIpc) is 2.84. The largest absolute Gasteiger partial charge is 0.296 e. The second kappa shape index (κ2) is 5.38. The summed E-state index contributed by atoms with van der Waals surface area (Å²) in [5.74, 6) is 0.0588. The van der Waals surface area contributed by atoms with Crippen LogP contribution in [0.1, 0.15) is 30.9 Å². The van der Waals surface area contributed by atoms with Gasteiger partial charge in [-0.2, -0.15) is 5.10 Å². The van der Waals surface area contributed by atoms with E-state index in [2.05, 4.69) is 10.00 Å². The van der Waals surface area contributed by atoms with Gasteiger partial charge in [0.05, 0.1) is 11.9 Å². The molecular formula is C11H20N4O2S. The first-order valence-electron chi connectivity index (χ1n) is 6.19. The molecule has 2 N–H and O–H groups in total. The third-order valence-electron chi connectivity index (χ3n) is 3.35. The summed E-state index contributed by atoms with van der Waals surface area (Å²) in [4.78, 5) is 2.32. The molecule has 102 valence electrons. The van der Waals surface area contributed by atoms with Crippen LogP contribution in [0.15, 0.2) is 12.4 Å². The maximum atomic E-state index is 10.9. The summed E-state index contributed by atoms with van der Waals surface area (Å²) in [5.41, 5.74) is 1.21. The molecule has 1 aliphatic rings. The minimum absolute atomic E-state index is 0.0588. The summed E-state index contributed by atoms with van der Waals surface area (Å²) in [6.45, 7) is 1.79.